The SMILES string of the molecule is OC1=CC2C3CN=CCC3OC3=C4CCc5ccccc5C4=CCN3C12. The molecule has 0 saturated carbocycles. The molecule has 2 aliphatic carbocycles. The summed E-state index contributed by atoms with van der Waals surface area (Å²) in [5.41, 5.74) is 5.43. The molecular formula is C22H22N2O2. The molecule has 26 heavy (non-hydrogen) atoms. The molecule has 4 heteroatoms. The van der Waals surface area contributed by atoms with Crippen LogP contribution < -0.4 is 0 Å². The Morgan fingerprint density at radius 3 is 3.04 bits per heavy atom. The number of benzene rings is 1. The minimum absolute atomic E-state index is 0.0516. The van der Waals surface area contributed by atoms with Crippen LogP contribution in [0, 0.1) is 11.8 Å². The van der Waals surface area contributed by atoms with Crippen LogP contribution in [0.4, 0.5) is 0 Å². The Morgan fingerprint density at radius 1 is 1.19 bits per heavy atom. The van der Waals surface area contributed by atoms with Crippen molar-refractivity contribution >= 4 is 11.8 Å². The fraction of sp³-hybridized carbons (Fsp3) is 0.409. The first-order valence-electron chi connectivity index (χ1n) is 9.65. The van der Waals surface area contributed by atoms with Gasteiger partial charge in [-0.1, -0.05) is 30.3 Å². The summed E-state index contributed by atoms with van der Waals surface area (Å²) < 4.78 is 6.66. The number of aliphatic hydroxyl groups is 1. The van der Waals surface area contributed by atoms with E-state index >= 15 is 0 Å². The number of rotatable bonds is 0. The second-order valence-electron chi connectivity index (χ2n) is 7.93. The van der Waals surface area contributed by atoms with E-state index in [2.05, 4.69) is 40.2 Å². The molecule has 4 atom stereocenters. The van der Waals surface area contributed by atoms with Gasteiger partial charge < -0.3 is 14.7 Å². The molecule has 4 nitrogen and oxygen atoms in total. The van der Waals surface area contributed by atoms with Gasteiger partial charge >= 0.3 is 0 Å². The van der Waals surface area contributed by atoms with Gasteiger partial charge in [0.1, 0.15) is 11.9 Å². The van der Waals surface area contributed by atoms with Crippen LogP contribution in [-0.2, 0) is 11.2 Å². The lowest BCUT2D eigenvalue weighted by molar-refractivity contribution is 0.0426. The zero-order chi connectivity index (χ0) is 17.3. The first-order valence-corrected chi connectivity index (χ1v) is 9.65. The van der Waals surface area contributed by atoms with E-state index in [4.69, 9.17) is 4.74 Å². The van der Waals surface area contributed by atoms with Crippen LogP contribution in [0.2, 0.25) is 0 Å². The third-order valence-electron chi connectivity index (χ3n) is 6.67. The van der Waals surface area contributed by atoms with Gasteiger partial charge in [0.2, 0.25) is 0 Å². The van der Waals surface area contributed by atoms with E-state index in [-0.39, 0.29) is 12.1 Å². The highest BCUT2D eigenvalue weighted by Gasteiger charge is 2.50. The third kappa shape index (κ3) is 1.87. The van der Waals surface area contributed by atoms with Crippen molar-refractivity contribution in [1.29, 1.82) is 0 Å². The number of aryl methyl sites for hydroxylation is 1. The minimum atomic E-state index is 0.0516. The molecule has 0 aromatic heterocycles. The molecule has 5 aliphatic rings. The molecule has 3 heterocycles. The third-order valence-corrected chi connectivity index (χ3v) is 6.67. The average molecular weight is 346 g/mol. The van der Waals surface area contributed by atoms with Crippen LogP contribution in [-0.4, -0.2) is 41.5 Å². The van der Waals surface area contributed by atoms with Gasteiger partial charge in [-0.3, -0.25) is 4.99 Å². The monoisotopic (exact) mass is 346 g/mol. The molecule has 132 valence electrons. The fourth-order valence-electron chi connectivity index (χ4n) is 5.34. The molecule has 1 aromatic carbocycles. The maximum atomic E-state index is 10.4. The van der Waals surface area contributed by atoms with Crippen LogP contribution in [0.25, 0.3) is 5.57 Å². The van der Waals surface area contributed by atoms with E-state index in [9.17, 15) is 5.11 Å². The molecule has 6 rings (SSSR count). The van der Waals surface area contributed by atoms with Crippen molar-refractivity contribution < 1.29 is 9.84 Å². The van der Waals surface area contributed by atoms with Crippen molar-refractivity contribution in [1.82, 2.24) is 4.90 Å². The second-order valence-corrected chi connectivity index (χ2v) is 7.93. The number of hydrogen-bond donors (Lipinski definition) is 1. The number of aliphatic hydroxyl groups excluding tert-OH is 1. The summed E-state index contributed by atoms with van der Waals surface area (Å²) >= 11 is 0. The van der Waals surface area contributed by atoms with E-state index in [0.717, 1.165) is 38.2 Å². The van der Waals surface area contributed by atoms with Crippen LogP contribution in [0.15, 0.2) is 58.6 Å². The maximum Gasteiger partial charge on any atom is 0.194 e. The van der Waals surface area contributed by atoms with Gasteiger partial charge in [-0.2, -0.15) is 0 Å². The predicted octanol–water partition coefficient (Wildman–Crippen LogP) is 3.47. The molecule has 0 spiro atoms. The predicted molar refractivity (Wildman–Crippen MR) is 101 cm³/mol. The van der Waals surface area contributed by atoms with Gasteiger partial charge in [0, 0.05) is 43.1 Å². The van der Waals surface area contributed by atoms with Gasteiger partial charge in [0.05, 0.1) is 6.04 Å². The lowest BCUT2D eigenvalue weighted by Crippen LogP contribution is -2.49. The number of allylic oxidation sites excluding steroid dienone is 2. The first-order chi connectivity index (χ1) is 12.8. The molecule has 0 amide bonds. The normalized spacial score (nSPS) is 33.9. The first kappa shape index (κ1) is 14.7. The molecular weight excluding hydrogens is 324 g/mol. The second kappa shape index (κ2) is 5.26. The van der Waals surface area contributed by atoms with E-state index in [1.165, 1.54) is 22.3 Å². The Hall–Kier alpha value is -2.49. The Morgan fingerprint density at radius 2 is 2.12 bits per heavy atom. The van der Waals surface area contributed by atoms with Crippen LogP contribution in [0.1, 0.15) is 24.0 Å². The molecule has 0 radical (unpaired) electrons. The van der Waals surface area contributed by atoms with Crippen molar-refractivity contribution in [3.8, 4) is 0 Å². The Kier molecular flexibility index (Phi) is 2.96. The minimum Gasteiger partial charge on any atom is -0.510 e. The Labute approximate surface area is 153 Å². The van der Waals surface area contributed by atoms with Gasteiger partial charge in [0.25, 0.3) is 0 Å². The van der Waals surface area contributed by atoms with E-state index in [0.29, 0.717) is 17.6 Å². The van der Waals surface area contributed by atoms with Crippen LogP contribution >= 0.6 is 0 Å². The van der Waals surface area contributed by atoms with Crippen LogP contribution in [0.5, 0.6) is 0 Å². The van der Waals surface area contributed by atoms with Gasteiger partial charge in [-0.25, -0.2) is 0 Å². The lowest BCUT2D eigenvalue weighted by Gasteiger charge is -2.44. The molecule has 0 bridgehead atoms. The summed E-state index contributed by atoms with van der Waals surface area (Å²) in [6.45, 7) is 1.59. The topological polar surface area (TPSA) is 45.1 Å². The van der Waals surface area contributed by atoms with Gasteiger partial charge in [0.15, 0.2) is 5.88 Å². The van der Waals surface area contributed by atoms with E-state index in [1.807, 2.05) is 12.3 Å². The summed E-state index contributed by atoms with van der Waals surface area (Å²) in [5, 5.41) is 10.4. The summed E-state index contributed by atoms with van der Waals surface area (Å²) in [7, 11) is 0. The number of ether oxygens (including phenoxy) is 1. The van der Waals surface area contributed by atoms with Gasteiger partial charge in [-0.15, -0.1) is 0 Å². The summed E-state index contributed by atoms with van der Waals surface area (Å²) in [6.07, 6.45) is 9.44. The maximum absolute atomic E-state index is 10.4. The molecule has 3 aliphatic heterocycles. The molecule has 1 fully saturated rings. The Bertz CT molecular complexity index is 910. The van der Waals surface area contributed by atoms with Crippen molar-refractivity contribution in [3.63, 3.8) is 0 Å². The number of nitrogens with zero attached hydrogens (tertiary/aromatic N) is 2. The molecule has 1 aromatic rings. The Balaban J connectivity index is 1.49. The number of hydrogen-bond acceptors (Lipinski definition) is 4. The van der Waals surface area contributed by atoms with E-state index < -0.39 is 0 Å². The van der Waals surface area contributed by atoms with Crippen LogP contribution in [0.3, 0.4) is 0 Å². The largest absolute Gasteiger partial charge is 0.510 e. The molecule has 4 unspecified atom stereocenters. The smallest absolute Gasteiger partial charge is 0.194 e. The van der Waals surface area contributed by atoms with Crippen molar-refractivity contribution in [2.45, 2.75) is 31.4 Å². The zero-order valence-electron chi connectivity index (χ0n) is 14.6. The van der Waals surface area contributed by atoms with Gasteiger partial charge in [-0.05, 0) is 35.6 Å². The summed E-state index contributed by atoms with van der Waals surface area (Å²) in [4.78, 5) is 6.81. The number of aliphatic imine (C=N–C) groups is 1. The standard InChI is InChI=1S/C22H22N2O2/c25-19-11-17-18-12-23-9-7-20(18)26-22-16-6-5-13-3-1-2-4-14(13)15(16)8-10-24(22)21(17)19/h1-4,8-9,11,17-18,20-21,25H,5-7,10,12H2. The van der Waals surface area contributed by atoms with Crippen molar-refractivity contribution in [2.75, 3.05) is 13.1 Å². The quantitative estimate of drug-likeness (QED) is 0.782. The molecule has 1 N–H and O–H groups in total. The van der Waals surface area contributed by atoms with Crippen molar-refractivity contribution in [3.05, 3.63) is 64.8 Å². The highest BCUT2D eigenvalue weighted by atomic mass is 16.5. The highest BCUT2D eigenvalue weighted by Crippen LogP contribution is 2.49. The number of fused-ring (bicyclic) bond motifs is 8. The average Bonchev–Trinajstić information content (AvgIpc) is 2.79. The fourth-order valence-corrected chi connectivity index (χ4v) is 5.34. The summed E-state index contributed by atoms with van der Waals surface area (Å²) in [6, 6.07) is 8.77. The van der Waals surface area contributed by atoms with Crippen molar-refractivity contribution in [2.24, 2.45) is 16.8 Å². The zero-order valence-corrected chi connectivity index (χ0v) is 14.6. The lowest BCUT2D eigenvalue weighted by atomic mass is 9.72. The van der Waals surface area contributed by atoms with E-state index in [1.54, 1.807) is 0 Å². The molecule has 1 saturated heterocycles. The summed E-state index contributed by atoms with van der Waals surface area (Å²) in [5.74, 6) is 2.20. The highest BCUT2D eigenvalue weighted by molar-refractivity contribution is 5.84.